The molecule has 6 nitrogen and oxygen atoms in total. The summed E-state index contributed by atoms with van der Waals surface area (Å²) in [5.41, 5.74) is 0.0852. The fourth-order valence-corrected chi connectivity index (χ4v) is 3.00. The van der Waals surface area contributed by atoms with E-state index >= 15 is 0 Å². The van der Waals surface area contributed by atoms with Crippen LogP contribution in [0, 0.1) is 5.41 Å². The van der Waals surface area contributed by atoms with Gasteiger partial charge in [-0.3, -0.25) is 4.99 Å². The first kappa shape index (κ1) is 25.2. The third kappa shape index (κ3) is 15.2. The van der Waals surface area contributed by atoms with Crippen LogP contribution in [-0.2, 0) is 9.84 Å². The molecule has 0 aliphatic rings. The van der Waals surface area contributed by atoms with Crippen LogP contribution in [0.5, 0.6) is 0 Å². The van der Waals surface area contributed by atoms with Crippen molar-refractivity contribution in [3.05, 3.63) is 0 Å². The number of hydrogen-bond donors (Lipinski definition) is 2. The zero-order valence-corrected chi connectivity index (χ0v) is 18.8. The zero-order valence-electron chi connectivity index (χ0n) is 15.6. The van der Waals surface area contributed by atoms with Gasteiger partial charge in [-0.15, -0.1) is 24.0 Å². The van der Waals surface area contributed by atoms with Crippen LogP contribution in [0.1, 0.15) is 34.1 Å². The van der Waals surface area contributed by atoms with E-state index in [1.54, 1.807) is 0 Å². The first-order valence-electron chi connectivity index (χ1n) is 7.82. The fraction of sp³-hybridized carbons (Fsp3) is 0.933. The smallest absolute Gasteiger partial charge is 0.191 e. The lowest BCUT2D eigenvalue weighted by molar-refractivity contribution is 0.248. The van der Waals surface area contributed by atoms with Gasteiger partial charge < -0.3 is 15.5 Å². The van der Waals surface area contributed by atoms with Gasteiger partial charge in [-0.1, -0.05) is 13.8 Å². The van der Waals surface area contributed by atoms with Crippen molar-refractivity contribution in [1.82, 2.24) is 15.5 Å². The van der Waals surface area contributed by atoms with E-state index in [2.05, 4.69) is 48.5 Å². The van der Waals surface area contributed by atoms with E-state index in [-0.39, 0.29) is 41.2 Å². The topological polar surface area (TPSA) is 73.8 Å². The quantitative estimate of drug-likeness (QED) is 0.309. The number of nitrogens with zero attached hydrogens (tertiary/aromatic N) is 2. The van der Waals surface area contributed by atoms with Crippen molar-refractivity contribution in [2.75, 3.05) is 45.7 Å². The van der Waals surface area contributed by atoms with Crippen LogP contribution in [0.3, 0.4) is 0 Å². The maximum atomic E-state index is 11.2. The van der Waals surface area contributed by atoms with E-state index in [0.29, 0.717) is 13.0 Å². The van der Waals surface area contributed by atoms with Crippen LogP contribution in [0.4, 0.5) is 0 Å². The van der Waals surface area contributed by atoms with Crippen LogP contribution < -0.4 is 10.6 Å². The average Bonchev–Trinajstić information content (AvgIpc) is 2.31. The van der Waals surface area contributed by atoms with Crippen LogP contribution in [0.2, 0.25) is 0 Å². The SMILES string of the molecule is CCNC(=NCC(C)(C)CN(C)C)NC(C)CCS(C)(=O)=O.I. The van der Waals surface area contributed by atoms with Crippen molar-refractivity contribution in [2.45, 2.75) is 40.2 Å². The fourth-order valence-electron chi connectivity index (χ4n) is 2.22. The summed E-state index contributed by atoms with van der Waals surface area (Å²) in [7, 11) is 1.19. The summed E-state index contributed by atoms with van der Waals surface area (Å²) in [6.07, 6.45) is 1.84. The van der Waals surface area contributed by atoms with Gasteiger partial charge in [0.2, 0.25) is 0 Å². The van der Waals surface area contributed by atoms with E-state index in [4.69, 9.17) is 0 Å². The van der Waals surface area contributed by atoms with Crippen LogP contribution >= 0.6 is 24.0 Å². The van der Waals surface area contributed by atoms with E-state index < -0.39 is 9.84 Å². The Kier molecular flexibility index (Phi) is 12.5. The highest BCUT2D eigenvalue weighted by Gasteiger charge is 2.19. The Balaban J connectivity index is 0. The summed E-state index contributed by atoms with van der Waals surface area (Å²) in [5, 5.41) is 6.49. The second-order valence-corrected chi connectivity index (χ2v) is 9.32. The molecule has 0 bridgehead atoms. The lowest BCUT2D eigenvalue weighted by Crippen LogP contribution is -2.43. The summed E-state index contributed by atoms with van der Waals surface area (Å²) in [5.74, 6) is 0.933. The molecule has 0 aromatic carbocycles. The number of aliphatic imine (C=N–C) groups is 1. The summed E-state index contributed by atoms with van der Waals surface area (Å²) in [6.45, 7) is 10.8. The van der Waals surface area contributed by atoms with Gasteiger partial charge in [-0.05, 0) is 39.8 Å². The first-order valence-corrected chi connectivity index (χ1v) is 9.88. The van der Waals surface area contributed by atoms with Gasteiger partial charge in [0.05, 0.1) is 5.75 Å². The monoisotopic (exact) mass is 462 g/mol. The molecule has 0 aliphatic heterocycles. The Morgan fingerprint density at radius 1 is 1.30 bits per heavy atom. The molecule has 0 saturated carbocycles. The summed E-state index contributed by atoms with van der Waals surface area (Å²) < 4.78 is 22.5. The van der Waals surface area contributed by atoms with E-state index in [1.165, 1.54) is 6.26 Å². The predicted octanol–water partition coefficient (Wildman–Crippen LogP) is 1.57. The Labute approximate surface area is 159 Å². The second kappa shape index (κ2) is 11.5. The molecule has 0 fully saturated rings. The molecule has 0 radical (unpaired) electrons. The van der Waals surface area contributed by atoms with Gasteiger partial charge >= 0.3 is 0 Å². The van der Waals surface area contributed by atoms with Crippen LogP contribution in [-0.4, -0.2) is 71.1 Å². The third-order valence-electron chi connectivity index (χ3n) is 3.06. The molecule has 0 aliphatic carbocycles. The van der Waals surface area contributed by atoms with Crippen molar-refractivity contribution in [3.8, 4) is 0 Å². The average molecular weight is 462 g/mol. The number of guanidine groups is 1. The molecule has 0 rings (SSSR count). The predicted molar refractivity (Wildman–Crippen MR) is 111 cm³/mol. The molecule has 0 saturated heterocycles. The van der Waals surface area contributed by atoms with E-state index in [1.807, 2.05) is 13.8 Å². The minimum Gasteiger partial charge on any atom is -0.357 e. The molecule has 0 spiro atoms. The molecular weight excluding hydrogens is 427 g/mol. The van der Waals surface area contributed by atoms with Gasteiger partial charge in [-0.25, -0.2) is 8.42 Å². The number of rotatable bonds is 9. The Bertz CT molecular complexity index is 450. The Hall–Kier alpha value is -0.0900. The van der Waals surface area contributed by atoms with E-state index in [9.17, 15) is 8.42 Å². The maximum absolute atomic E-state index is 11.2. The highest BCUT2D eigenvalue weighted by Crippen LogP contribution is 2.16. The standard InChI is InChI=1S/C15H34N4O2S.HI/c1-8-16-14(17-11-15(3,4)12-19(5)6)18-13(2)9-10-22(7,20)21;/h13H,8-12H2,1-7H3,(H2,16,17,18);1H. The van der Waals surface area contributed by atoms with Gasteiger partial charge in [-0.2, -0.15) is 0 Å². The Morgan fingerprint density at radius 2 is 1.87 bits per heavy atom. The molecule has 0 heterocycles. The number of hydrogen-bond acceptors (Lipinski definition) is 4. The van der Waals surface area contributed by atoms with E-state index in [0.717, 1.165) is 19.0 Å². The molecule has 140 valence electrons. The number of nitrogens with one attached hydrogen (secondary N) is 2. The van der Waals surface area contributed by atoms with Crippen molar-refractivity contribution in [1.29, 1.82) is 0 Å². The largest absolute Gasteiger partial charge is 0.357 e. The van der Waals surface area contributed by atoms with Gasteiger partial charge in [0.25, 0.3) is 0 Å². The summed E-state index contributed by atoms with van der Waals surface area (Å²) >= 11 is 0. The van der Waals surface area contributed by atoms with Crippen LogP contribution in [0.15, 0.2) is 4.99 Å². The highest BCUT2D eigenvalue weighted by molar-refractivity contribution is 14.0. The molecule has 0 aromatic rings. The molecular formula is C15H35IN4O2S. The van der Waals surface area contributed by atoms with Crippen molar-refractivity contribution < 1.29 is 8.42 Å². The summed E-state index contributed by atoms with van der Waals surface area (Å²) in [4.78, 5) is 6.80. The molecule has 23 heavy (non-hydrogen) atoms. The summed E-state index contributed by atoms with van der Waals surface area (Å²) in [6, 6.07) is 0.0597. The minimum atomic E-state index is -2.92. The molecule has 0 amide bonds. The van der Waals surface area contributed by atoms with Gasteiger partial charge in [0, 0.05) is 31.9 Å². The lowest BCUT2D eigenvalue weighted by Gasteiger charge is -2.27. The maximum Gasteiger partial charge on any atom is 0.191 e. The van der Waals surface area contributed by atoms with Crippen LogP contribution in [0.25, 0.3) is 0 Å². The van der Waals surface area contributed by atoms with Gasteiger partial charge in [0.1, 0.15) is 9.84 Å². The zero-order chi connectivity index (χ0) is 17.4. The highest BCUT2D eigenvalue weighted by atomic mass is 127. The number of halogens is 1. The van der Waals surface area contributed by atoms with Crippen molar-refractivity contribution >= 4 is 39.8 Å². The molecule has 1 atom stereocenters. The normalized spacial score (nSPS) is 14.3. The molecule has 0 aromatic heterocycles. The van der Waals surface area contributed by atoms with Crippen molar-refractivity contribution in [2.24, 2.45) is 10.4 Å². The Morgan fingerprint density at radius 3 is 2.30 bits per heavy atom. The third-order valence-corrected chi connectivity index (χ3v) is 4.04. The first-order chi connectivity index (χ1) is 9.95. The van der Waals surface area contributed by atoms with Gasteiger partial charge in [0.15, 0.2) is 5.96 Å². The lowest BCUT2D eigenvalue weighted by atomic mass is 9.93. The van der Waals surface area contributed by atoms with Crippen molar-refractivity contribution in [3.63, 3.8) is 0 Å². The molecule has 2 N–H and O–H groups in total. The molecule has 8 heteroatoms. The molecule has 1 unspecified atom stereocenters. The second-order valence-electron chi connectivity index (χ2n) is 7.06. The number of sulfone groups is 1. The minimum absolute atomic E-state index is 0.